The molecule has 19 heavy (non-hydrogen) atoms. The first kappa shape index (κ1) is 15.3. The van der Waals surface area contributed by atoms with Crippen LogP contribution in [0.4, 0.5) is 0 Å². The second-order valence-corrected chi connectivity index (χ2v) is 7.05. The molecule has 1 atom stereocenters. The molecule has 1 unspecified atom stereocenters. The molecule has 2 rings (SSSR count). The summed E-state index contributed by atoms with van der Waals surface area (Å²) in [5.74, 6) is 0.948. The van der Waals surface area contributed by atoms with Crippen LogP contribution in [0.1, 0.15) is 71.1 Å². The van der Waals surface area contributed by atoms with E-state index in [-0.39, 0.29) is 5.41 Å². The Hall–Kier alpha value is -0.0800. The highest BCUT2D eigenvalue weighted by atomic mass is 16.3. The molecule has 0 aromatic heterocycles. The molecule has 2 nitrogen and oxygen atoms in total. The first-order valence-corrected chi connectivity index (χ1v) is 8.61. The van der Waals surface area contributed by atoms with Crippen molar-refractivity contribution in [2.24, 2.45) is 11.3 Å². The van der Waals surface area contributed by atoms with Crippen LogP contribution >= 0.6 is 0 Å². The van der Waals surface area contributed by atoms with Gasteiger partial charge in [-0.3, -0.25) is 0 Å². The lowest BCUT2D eigenvalue weighted by Gasteiger charge is -2.36. The van der Waals surface area contributed by atoms with Crippen molar-refractivity contribution in [3.05, 3.63) is 0 Å². The van der Waals surface area contributed by atoms with Gasteiger partial charge in [0.1, 0.15) is 0 Å². The number of hydrogen-bond donors (Lipinski definition) is 1. The van der Waals surface area contributed by atoms with Gasteiger partial charge >= 0.3 is 0 Å². The zero-order chi connectivity index (χ0) is 13.6. The molecular formula is C17H33NO. The number of aliphatic hydroxyl groups excluding tert-OH is 1. The summed E-state index contributed by atoms with van der Waals surface area (Å²) in [7, 11) is 0. The van der Waals surface area contributed by atoms with Crippen LogP contribution in [0.15, 0.2) is 0 Å². The van der Waals surface area contributed by atoms with E-state index in [1.54, 1.807) is 0 Å². The van der Waals surface area contributed by atoms with Gasteiger partial charge in [0.2, 0.25) is 0 Å². The van der Waals surface area contributed by atoms with E-state index in [0.29, 0.717) is 6.61 Å². The number of likely N-dealkylation sites (tertiary alicyclic amines) is 1. The summed E-state index contributed by atoms with van der Waals surface area (Å²) < 4.78 is 0. The molecule has 1 saturated heterocycles. The third-order valence-electron chi connectivity index (χ3n) is 5.58. The fourth-order valence-corrected chi connectivity index (χ4v) is 4.11. The van der Waals surface area contributed by atoms with Crippen molar-refractivity contribution < 1.29 is 5.11 Å². The zero-order valence-electron chi connectivity index (χ0n) is 12.9. The molecule has 0 aromatic carbocycles. The maximum absolute atomic E-state index is 9.94. The van der Waals surface area contributed by atoms with Crippen LogP contribution in [-0.4, -0.2) is 36.2 Å². The molecule has 1 aliphatic carbocycles. The van der Waals surface area contributed by atoms with Crippen LogP contribution in [0.2, 0.25) is 0 Å². The zero-order valence-corrected chi connectivity index (χ0v) is 12.9. The molecule has 1 aliphatic heterocycles. The van der Waals surface area contributed by atoms with Gasteiger partial charge in [0.15, 0.2) is 0 Å². The summed E-state index contributed by atoms with van der Waals surface area (Å²) in [6.07, 6.45) is 13.4. The Labute approximate surface area is 119 Å². The molecule has 2 fully saturated rings. The summed E-state index contributed by atoms with van der Waals surface area (Å²) in [6, 6.07) is 0. The van der Waals surface area contributed by atoms with E-state index in [1.807, 2.05) is 0 Å². The Morgan fingerprint density at radius 2 is 1.74 bits per heavy atom. The van der Waals surface area contributed by atoms with E-state index in [9.17, 15) is 5.11 Å². The van der Waals surface area contributed by atoms with Crippen molar-refractivity contribution in [2.75, 3.05) is 26.2 Å². The third kappa shape index (κ3) is 4.46. The van der Waals surface area contributed by atoms with Gasteiger partial charge in [0, 0.05) is 18.6 Å². The Morgan fingerprint density at radius 3 is 2.37 bits per heavy atom. The normalized spacial score (nSPS) is 29.7. The Morgan fingerprint density at radius 1 is 1.00 bits per heavy atom. The molecule has 0 radical (unpaired) electrons. The minimum atomic E-state index is 0.225. The number of hydrogen-bond acceptors (Lipinski definition) is 2. The van der Waals surface area contributed by atoms with E-state index in [4.69, 9.17) is 0 Å². The second-order valence-electron chi connectivity index (χ2n) is 7.05. The quantitative estimate of drug-likeness (QED) is 0.783. The lowest BCUT2D eigenvalue weighted by Crippen LogP contribution is -2.40. The van der Waals surface area contributed by atoms with Gasteiger partial charge in [-0.1, -0.05) is 39.0 Å². The predicted molar refractivity (Wildman–Crippen MR) is 81.3 cm³/mol. The standard InChI is InChI=1S/C17H33NO/c1-2-16-8-7-12-18(13-9-16)14-17(15-19)10-5-3-4-6-11-17/h16,19H,2-15H2,1H3. The molecule has 1 saturated carbocycles. The van der Waals surface area contributed by atoms with Crippen molar-refractivity contribution in [2.45, 2.75) is 71.1 Å². The van der Waals surface area contributed by atoms with Crippen molar-refractivity contribution in [3.63, 3.8) is 0 Å². The van der Waals surface area contributed by atoms with Gasteiger partial charge in [-0.05, 0) is 51.1 Å². The van der Waals surface area contributed by atoms with Crippen LogP contribution in [0, 0.1) is 11.3 Å². The number of aliphatic hydroxyl groups is 1. The molecule has 0 amide bonds. The van der Waals surface area contributed by atoms with Gasteiger partial charge in [-0.15, -0.1) is 0 Å². The van der Waals surface area contributed by atoms with Crippen molar-refractivity contribution in [1.82, 2.24) is 4.90 Å². The fraction of sp³-hybridized carbons (Fsp3) is 1.00. The first-order chi connectivity index (χ1) is 9.28. The summed E-state index contributed by atoms with van der Waals surface area (Å²) in [4.78, 5) is 2.66. The number of nitrogens with zero attached hydrogens (tertiary/aromatic N) is 1. The second kappa shape index (κ2) is 7.64. The molecular weight excluding hydrogens is 234 g/mol. The van der Waals surface area contributed by atoms with E-state index in [2.05, 4.69) is 11.8 Å². The molecule has 0 bridgehead atoms. The highest BCUT2D eigenvalue weighted by Gasteiger charge is 2.32. The van der Waals surface area contributed by atoms with Gasteiger partial charge in [0.25, 0.3) is 0 Å². The topological polar surface area (TPSA) is 23.5 Å². The minimum absolute atomic E-state index is 0.225. The minimum Gasteiger partial charge on any atom is -0.396 e. The summed E-state index contributed by atoms with van der Waals surface area (Å²) in [6.45, 7) is 6.42. The molecule has 112 valence electrons. The molecule has 1 heterocycles. The van der Waals surface area contributed by atoms with Crippen LogP contribution < -0.4 is 0 Å². The first-order valence-electron chi connectivity index (χ1n) is 8.61. The maximum atomic E-state index is 9.94. The van der Waals surface area contributed by atoms with Gasteiger partial charge in [0.05, 0.1) is 0 Å². The van der Waals surface area contributed by atoms with E-state index in [0.717, 1.165) is 12.5 Å². The summed E-state index contributed by atoms with van der Waals surface area (Å²) in [5, 5.41) is 9.94. The smallest absolute Gasteiger partial charge is 0.0499 e. The molecule has 1 N–H and O–H groups in total. The molecule has 0 aromatic rings. The predicted octanol–water partition coefficient (Wildman–Crippen LogP) is 3.83. The molecule has 0 spiro atoms. The average Bonchev–Trinajstić information content (AvgIpc) is 2.80. The monoisotopic (exact) mass is 267 g/mol. The lowest BCUT2D eigenvalue weighted by molar-refractivity contribution is 0.0601. The largest absolute Gasteiger partial charge is 0.396 e. The van der Waals surface area contributed by atoms with Crippen LogP contribution in [0.3, 0.4) is 0 Å². The summed E-state index contributed by atoms with van der Waals surface area (Å²) in [5.41, 5.74) is 0.225. The highest BCUT2D eigenvalue weighted by molar-refractivity contribution is 4.85. The fourth-order valence-electron chi connectivity index (χ4n) is 4.11. The molecule has 2 heteroatoms. The Balaban J connectivity index is 1.89. The van der Waals surface area contributed by atoms with E-state index >= 15 is 0 Å². The van der Waals surface area contributed by atoms with Crippen LogP contribution in [0.5, 0.6) is 0 Å². The Bertz CT molecular complexity index is 246. The Kier molecular flexibility index (Phi) is 6.15. The SMILES string of the molecule is CCC1CCCN(CC2(CO)CCCCCC2)CC1. The van der Waals surface area contributed by atoms with Crippen LogP contribution in [0.25, 0.3) is 0 Å². The highest BCUT2D eigenvalue weighted by Crippen LogP contribution is 2.36. The van der Waals surface area contributed by atoms with Gasteiger partial charge in [-0.25, -0.2) is 0 Å². The average molecular weight is 267 g/mol. The van der Waals surface area contributed by atoms with Gasteiger partial charge in [-0.2, -0.15) is 0 Å². The third-order valence-corrected chi connectivity index (χ3v) is 5.58. The number of rotatable bonds is 4. The van der Waals surface area contributed by atoms with Crippen molar-refractivity contribution in [1.29, 1.82) is 0 Å². The van der Waals surface area contributed by atoms with Crippen LogP contribution in [-0.2, 0) is 0 Å². The summed E-state index contributed by atoms with van der Waals surface area (Å²) >= 11 is 0. The lowest BCUT2D eigenvalue weighted by atomic mass is 9.80. The van der Waals surface area contributed by atoms with E-state index in [1.165, 1.54) is 77.3 Å². The molecule has 2 aliphatic rings. The van der Waals surface area contributed by atoms with Gasteiger partial charge < -0.3 is 10.0 Å². The van der Waals surface area contributed by atoms with Crippen molar-refractivity contribution in [3.8, 4) is 0 Å². The van der Waals surface area contributed by atoms with Crippen molar-refractivity contribution >= 4 is 0 Å². The van der Waals surface area contributed by atoms with E-state index < -0.39 is 0 Å². The maximum Gasteiger partial charge on any atom is 0.0499 e.